The van der Waals surface area contributed by atoms with E-state index in [4.69, 9.17) is 16.4 Å². The van der Waals surface area contributed by atoms with Crippen LogP contribution in [0.25, 0.3) is 11.2 Å². The molecule has 0 atom stereocenters. The van der Waals surface area contributed by atoms with Gasteiger partial charge in [-0.25, -0.2) is 10.7 Å². The Balaban J connectivity index is 1.23. The molecule has 0 saturated carbocycles. The van der Waals surface area contributed by atoms with Crippen molar-refractivity contribution in [1.82, 2.24) is 35.1 Å². The third kappa shape index (κ3) is 8.86. The average Bonchev–Trinajstić information content (AvgIpc) is 3.30. The first kappa shape index (κ1) is 31.7. The van der Waals surface area contributed by atoms with Crippen molar-refractivity contribution < 1.29 is 19.2 Å². The predicted octanol–water partition coefficient (Wildman–Crippen LogP) is 1.17. The van der Waals surface area contributed by atoms with Crippen molar-refractivity contribution in [3.8, 4) is 6.01 Å². The van der Waals surface area contributed by atoms with Crippen LogP contribution < -0.4 is 32.7 Å². The van der Waals surface area contributed by atoms with E-state index in [9.17, 15) is 14.4 Å². The second kappa shape index (κ2) is 15.3. The van der Waals surface area contributed by atoms with Crippen molar-refractivity contribution in [1.29, 1.82) is 0 Å². The van der Waals surface area contributed by atoms with Crippen molar-refractivity contribution in [3.05, 3.63) is 58.2 Å². The van der Waals surface area contributed by atoms with Gasteiger partial charge in [-0.3, -0.25) is 23.9 Å². The van der Waals surface area contributed by atoms with Crippen molar-refractivity contribution >= 4 is 28.8 Å². The van der Waals surface area contributed by atoms with Gasteiger partial charge in [-0.1, -0.05) is 44.2 Å². The number of anilines is 1. The fourth-order valence-electron chi connectivity index (χ4n) is 5.01. The van der Waals surface area contributed by atoms with Gasteiger partial charge in [0.2, 0.25) is 0 Å². The second-order valence-corrected chi connectivity index (χ2v) is 10.7. The lowest BCUT2D eigenvalue weighted by molar-refractivity contribution is -0.127. The molecule has 43 heavy (non-hydrogen) atoms. The molecule has 232 valence electrons. The number of ether oxygens (including phenoxy) is 1. The third-order valence-electron chi connectivity index (χ3n) is 7.45. The number of nitrogens with two attached hydrogens (primary N) is 2. The summed E-state index contributed by atoms with van der Waals surface area (Å²) in [6, 6.07) is 8.40. The highest BCUT2D eigenvalue weighted by Gasteiger charge is 2.20. The molecule has 1 saturated heterocycles. The Morgan fingerprint density at radius 3 is 2.51 bits per heavy atom. The number of nitrogens with zero attached hydrogens (tertiary/aromatic N) is 4. The lowest BCUT2D eigenvalue weighted by Crippen LogP contribution is -2.38. The van der Waals surface area contributed by atoms with Crippen LogP contribution in [-0.4, -0.2) is 69.1 Å². The summed E-state index contributed by atoms with van der Waals surface area (Å²) in [4.78, 5) is 54.3. The van der Waals surface area contributed by atoms with E-state index in [-0.39, 0.29) is 29.8 Å². The molecular weight excluding hydrogens is 554 g/mol. The number of hydrogen-bond acceptors (Lipinski definition) is 10. The molecule has 1 fully saturated rings. The number of H-pyrrole nitrogens is 1. The highest BCUT2D eigenvalue weighted by molar-refractivity contribution is 5.97. The Morgan fingerprint density at radius 2 is 1.84 bits per heavy atom. The number of benzene rings is 1. The Kier molecular flexibility index (Phi) is 11.2. The number of amides is 2. The topological polar surface area (TPSA) is 196 Å². The van der Waals surface area contributed by atoms with Crippen molar-refractivity contribution in [3.63, 3.8) is 0 Å². The molecule has 4 rings (SSSR count). The highest BCUT2D eigenvalue weighted by atomic mass is 16.6. The summed E-state index contributed by atoms with van der Waals surface area (Å²) in [5.74, 6) is 4.60. The number of carbonyl (C=O) groups excluding carboxylic acids is 2. The standard InChI is InChI=1S/C29H41N9O5/c1-3-4-15-42-28-35-25(30)24-26(36-28)38(29(41)34-24)17-22-7-5-21(6-8-22)16-37-13-10-20(11-14-37)9-12-32-27(40)19(2)33-23(39)18-43-31/h5-8,20H,2-4,9-18,31H2,1H3,(H,32,40)(H,33,39)(H,34,41)(H2,30,35,36). The molecule has 1 aliphatic rings. The third-order valence-corrected chi connectivity index (χ3v) is 7.45. The van der Waals surface area contributed by atoms with E-state index in [0.29, 0.717) is 36.8 Å². The zero-order valence-electron chi connectivity index (χ0n) is 24.6. The maximum Gasteiger partial charge on any atom is 0.328 e. The quantitative estimate of drug-likeness (QED) is 0.0966. The first-order valence-corrected chi connectivity index (χ1v) is 14.5. The minimum absolute atomic E-state index is 0.0309. The van der Waals surface area contributed by atoms with Crippen LogP contribution in [0.5, 0.6) is 6.01 Å². The number of aromatic amines is 1. The molecule has 3 heterocycles. The van der Waals surface area contributed by atoms with Gasteiger partial charge in [0.25, 0.3) is 11.8 Å². The first-order chi connectivity index (χ1) is 20.8. The Morgan fingerprint density at radius 1 is 1.14 bits per heavy atom. The summed E-state index contributed by atoms with van der Waals surface area (Å²) >= 11 is 0. The monoisotopic (exact) mass is 595 g/mol. The van der Waals surface area contributed by atoms with Crippen LogP contribution in [0, 0.1) is 5.92 Å². The molecule has 0 unspecified atom stereocenters. The van der Waals surface area contributed by atoms with E-state index in [0.717, 1.165) is 57.3 Å². The minimum Gasteiger partial charge on any atom is -0.463 e. The normalized spacial score (nSPS) is 14.1. The summed E-state index contributed by atoms with van der Waals surface area (Å²) in [6.45, 7) is 9.41. The van der Waals surface area contributed by atoms with Gasteiger partial charge in [0.15, 0.2) is 11.5 Å². The van der Waals surface area contributed by atoms with Gasteiger partial charge in [0.1, 0.15) is 12.1 Å². The predicted molar refractivity (Wildman–Crippen MR) is 162 cm³/mol. The number of imidazole rings is 1. The summed E-state index contributed by atoms with van der Waals surface area (Å²) in [7, 11) is 0. The van der Waals surface area contributed by atoms with E-state index in [1.54, 1.807) is 4.57 Å². The molecular formula is C29H41N9O5. The van der Waals surface area contributed by atoms with Crippen molar-refractivity contribution in [2.24, 2.45) is 11.8 Å². The number of rotatable bonds is 15. The smallest absolute Gasteiger partial charge is 0.328 e. The zero-order valence-corrected chi connectivity index (χ0v) is 24.6. The van der Waals surface area contributed by atoms with Gasteiger partial charge in [-0.15, -0.1) is 0 Å². The number of unbranched alkanes of at least 4 members (excludes halogenated alkanes) is 1. The highest BCUT2D eigenvalue weighted by Crippen LogP contribution is 2.22. The molecule has 0 radical (unpaired) electrons. The molecule has 14 heteroatoms. The number of hydrogen-bond donors (Lipinski definition) is 5. The van der Waals surface area contributed by atoms with Gasteiger partial charge >= 0.3 is 11.7 Å². The number of aromatic nitrogens is 4. The Labute approximate surface area is 249 Å². The van der Waals surface area contributed by atoms with Gasteiger partial charge in [-0.2, -0.15) is 9.97 Å². The molecule has 1 aromatic carbocycles. The fraction of sp³-hybridized carbons (Fsp3) is 0.483. The molecule has 2 aromatic heterocycles. The molecule has 0 bridgehead atoms. The van der Waals surface area contributed by atoms with Crippen molar-refractivity contribution in [2.45, 2.75) is 52.1 Å². The van der Waals surface area contributed by atoms with Gasteiger partial charge in [0, 0.05) is 13.1 Å². The Hall–Kier alpha value is -4.27. The van der Waals surface area contributed by atoms with Crippen LogP contribution in [0.2, 0.25) is 0 Å². The van der Waals surface area contributed by atoms with Gasteiger partial charge in [0.05, 0.1) is 18.8 Å². The number of likely N-dealkylation sites (tertiary alicyclic amines) is 1. The fourth-order valence-corrected chi connectivity index (χ4v) is 5.01. The van der Waals surface area contributed by atoms with Gasteiger partial charge in [-0.05, 0) is 55.8 Å². The van der Waals surface area contributed by atoms with Crippen LogP contribution in [0.4, 0.5) is 5.82 Å². The molecule has 3 aromatic rings. The number of fused-ring (bicyclic) bond motifs is 1. The molecule has 0 spiro atoms. The maximum absolute atomic E-state index is 12.7. The van der Waals surface area contributed by atoms with E-state index in [2.05, 4.69) is 61.0 Å². The molecule has 14 nitrogen and oxygen atoms in total. The van der Waals surface area contributed by atoms with Crippen LogP contribution in [-0.2, 0) is 27.5 Å². The average molecular weight is 596 g/mol. The van der Waals surface area contributed by atoms with Crippen LogP contribution >= 0.6 is 0 Å². The Bertz CT molecular complexity index is 1460. The molecule has 1 aliphatic heterocycles. The molecule has 2 amide bonds. The number of carbonyl (C=O) groups is 2. The first-order valence-electron chi connectivity index (χ1n) is 14.5. The van der Waals surface area contributed by atoms with Crippen molar-refractivity contribution in [2.75, 3.05) is 38.6 Å². The lowest BCUT2D eigenvalue weighted by atomic mass is 9.93. The van der Waals surface area contributed by atoms with Gasteiger partial charge < -0.3 is 26.1 Å². The largest absolute Gasteiger partial charge is 0.463 e. The molecule has 7 N–H and O–H groups in total. The number of nitrogens with one attached hydrogen (secondary N) is 3. The van der Waals surface area contributed by atoms with Crippen LogP contribution in [0.15, 0.2) is 41.3 Å². The molecule has 0 aliphatic carbocycles. The summed E-state index contributed by atoms with van der Waals surface area (Å²) in [5.41, 5.74) is 8.72. The second-order valence-electron chi connectivity index (χ2n) is 10.7. The lowest BCUT2D eigenvalue weighted by Gasteiger charge is -2.32. The zero-order chi connectivity index (χ0) is 30.8. The van der Waals surface area contributed by atoms with E-state index in [1.165, 1.54) is 5.56 Å². The maximum atomic E-state index is 12.7. The minimum atomic E-state index is -0.530. The van der Waals surface area contributed by atoms with E-state index >= 15 is 0 Å². The summed E-state index contributed by atoms with van der Waals surface area (Å²) in [6.07, 6.45) is 4.79. The van der Waals surface area contributed by atoms with E-state index < -0.39 is 11.8 Å². The summed E-state index contributed by atoms with van der Waals surface area (Å²) < 4.78 is 7.17. The van der Waals surface area contributed by atoms with Crippen LogP contribution in [0.3, 0.4) is 0 Å². The van der Waals surface area contributed by atoms with E-state index in [1.807, 2.05) is 12.1 Å². The number of nitrogen functional groups attached to an aromatic ring is 1. The summed E-state index contributed by atoms with van der Waals surface area (Å²) in [5, 5.41) is 5.14. The van der Waals surface area contributed by atoms with Crippen LogP contribution in [0.1, 0.15) is 50.2 Å². The number of piperidine rings is 1. The SMILES string of the molecule is C=C(NC(=O)CON)C(=O)NCCC1CCN(Cc2ccc(Cn3c(=O)[nH]c4c(N)nc(OCCCC)nc43)cc2)CC1.